The first kappa shape index (κ1) is 39.5. The van der Waals surface area contributed by atoms with Crippen molar-refractivity contribution in [2.45, 2.75) is 130 Å². The minimum atomic E-state index is -2.06. The molecule has 0 aliphatic carbocycles. The molecule has 22 heteroatoms. The van der Waals surface area contributed by atoms with Gasteiger partial charge in [-0.3, -0.25) is 4.79 Å². The summed E-state index contributed by atoms with van der Waals surface area (Å²) in [5.41, 5.74) is 0. The Labute approximate surface area is 272 Å². The molecule has 0 aromatic carbocycles. The van der Waals surface area contributed by atoms with Gasteiger partial charge in [-0.25, -0.2) is 0 Å². The number of ether oxygens (including phenoxy) is 7. The fourth-order valence-electron chi connectivity index (χ4n) is 5.92. The van der Waals surface area contributed by atoms with E-state index in [1.54, 1.807) is 0 Å². The number of aliphatic hydroxyl groups is 13. The topological polar surface area (TPSA) is 357 Å². The van der Waals surface area contributed by atoms with Gasteiger partial charge in [-0.15, -0.1) is 0 Å². The van der Waals surface area contributed by atoms with Crippen LogP contribution in [0.5, 0.6) is 0 Å². The van der Waals surface area contributed by atoms with Crippen LogP contribution >= 0.6 is 0 Å². The molecule has 14 N–H and O–H groups in total. The molecule has 1 amide bonds. The molecule has 0 saturated carbocycles. The molecule has 0 bridgehead atoms. The van der Waals surface area contributed by atoms with Crippen LogP contribution in [0.2, 0.25) is 0 Å². The lowest BCUT2D eigenvalue weighted by Crippen LogP contribution is -2.70. The van der Waals surface area contributed by atoms with E-state index >= 15 is 0 Å². The van der Waals surface area contributed by atoms with Gasteiger partial charge < -0.3 is 105 Å². The van der Waals surface area contributed by atoms with Gasteiger partial charge in [0.25, 0.3) is 0 Å². The maximum Gasteiger partial charge on any atom is 0.217 e. The number of hydrogen-bond donors (Lipinski definition) is 14. The van der Waals surface area contributed by atoms with Gasteiger partial charge in [0, 0.05) is 6.92 Å². The summed E-state index contributed by atoms with van der Waals surface area (Å²) in [5, 5.41) is 136. The Morgan fingerprint density at radius 2 is 0.917 bits per heavy atom. The molecule has 4 heterocycles. The first-order valence-electron chi connectivity index (χ1n) is 15.1. The molecule has 4 fully saturated rings. The summed E-state index contributed by atoms with van der Waals surface area (Å²) in [4.78, 5) is 12.3. The van der Waals surface area contributed by atoms with E-state index in [4.69, 9.17) is 33.2 Å². The van der Waals surface area contributed by atoms with E-state index in [-0.39, 0.29) is 0 Å². The largest absolute Gasteiger partial charge is 0.394 e. The molecule has 280 valence electrons. The molecule has 0 unspecified atom stereocenters. The predicted molar refractivity (Wildman–Crippen MR) is 145 cm³/mol. The Bertz CT molecular complexity index is 1030. The van der Waals surface area contributed by atoms with Gasteiger partial charge in [-0.1, -0.05) is 0 Å². The fraction of sp³-hybridized carbons (Fsp3) is 0.962. The van der Waals surface area contributed by atoms with E-state index in [1.807, 2.05) is 0 Å². The number of rotatable bonds is 11. The molecule has 4 rings (SSSR count). The van der Waals surface area contributed by atoms with Gasteiger partial charge >= 0.3 is 0 Å². The van der Waals surface area contributed by atoms with Crippen molar-refractivity contribution >= 4 is 5.91 Å². The predicted octanol–water partition coefficient (Wildman–Crippen LogP) is -9.61. The molecular weight excluding hydrogens is 662 g/mol. The summed E-state index contributed by atoms with van der Waals surface area (Å²) >= 11 is 0. The standard InChI is InChI=1S/C26H45NO21/c1-6(32)27-11-20(14(35)9(4-30)43-24(11)48-22-17(38)13(34)7(2-28)42-23(22)41)46-26-19(40)21(15(36)10(5-31)45-26)47-25-18(39)16(37)12(33)8(3-29)44-25/h7-26,28-31,33-41H,2-5H2,1H3,(H,27,32)/t7-,8-,9-,10-,11-,12+,13-,14-,15+,16+,17+,18-,19-,20-,21+,22+,23+,24+,25-,26+/m1/s1. The second-order valence-electron chi connectivity index (χ2n) is 11.9. The van der Waals surface area contributed by atoms with E-state index < -0.39 is 155 Å². The summed E-state index contributed by atoms with van der Waals surface area (Å²) in [7, 11) is 0. The van der Waals surface area contributed by atoms with Crippen molar-refractivity contribution in [3.63, 3.8) is 0 Å². The number of aliphatic hydroxyl groups excluding tert-OH is 13. The fourth-order valence-corrected chi connectivity index (χ4v) is 5.92. The third-order valence-corrected chi connectivity index (χ3v) is 8.61. The van der Waals surface area contributed by atoms with Gasteiger partial charge in [0.1, 0.15) is 97.6 Å². The first-order chi connectivity index (χ1) is 22.7. The minimum Gasteiger partial charge on any atom is -0.394 e. The zero-order valence-electron chi connectivity index (χ0n) is 25.5. The Morgan fingerprint density at radius 3 is 1.46 bits per heavy atom. The lowest BCUT2D eigenvalue weighted by molar-refractivity contribution is -0.381. The van der Waals surface area contributed by atoms with E-state index in [0.717, 1.165) is 6.92 Å². The van der Waals surface area contributed by atoms with Gasteiger partial charge in [0.15, 0.2) is 25.2 Å². The molecule has 0 aromatic rings. The van der Waals surface area contributed by atoms with E-state index in [0.29, 0.717) is 0 Å². The highest BCUT2D eigenvalue weighted by molar-refractivity contribution is 5.73. The molecule has 48 heavy (non-hydrogen) atoms. The lowest BCUT2D eigenvalue weighted by atomic mass is 9.94. The van der Waals surface area contributed by atoms with Crippen LogP contribution in [-0.2, 0) is 38.0 Å². The summed E-state index contributed by atoms with van der Waals surface area (Å²) in [6.07, 6.45) is -33.9. The normalized spacial score (nSPS) is 50.2. The summed E-state index contributed by atoms with van der Waals surface area (Å²) in [6.45, 7) is -2.36. The van der Waals surface area contributed by atoms with Crippen LogP contribution in [0.4, 0.5) is 0 Å². The van der Waals surface area contributed by atoms with Crippen molar-refractivity contribution < 1.29 is 104 Å². The Morgan fingerprint density at radius 1 is 0.500 bits per heavy atom. The summed E-state index contributed by atoms with van der Waals surface area (Å²) < 4.78 is 38.5. The zero-order valence-corrected chi connectivity index (χ0v) is 25.5. The third-order valence-electron chi connectivity index (χ3n) is 8.61. The van der Waals surface area contributed by atoms with Crippen molar-refractivity contribution in [1.29, 1.82) is 0 Å². The van der Waals surface area contributed by atoms with Crippen LogP contribution in [0.15, 0.2) is 0 Å². The number of carbonyl (C=O) groups excluding carboxylic acids is 1. The Hall–Kier alpha value is -1.33. The van der Waals surface area contributed by atoms with Crippen molar-refractivity contribution in [3.8, 4) is 0 Å². The quantitative estimate of drug-likeness (QED) is 0.0947. The zero-order chi connectivity index (χ0) is 35.6. The van der Waals surface area contributed by atoms with Crippen LogP contribution in [0.25, 0.3) is 0 Å². The summed E-state index contributed by atoms with van der Waals surface area (Å²) in [6, 6.07) is -1.60. The second kappa shape index (κ2) is 16.8. The average Bonchev–Trinajstić information content (AvgIpc) is 3.06. The molecule has 4 aliphatic rings. The van der Waals surface area contributed by atoms with Gasteiger partial charge in [0.05, 0.1) is 26.4 Å². The highest BCUT2D eigenvalue weighted by atomic mass is 16.8. The van der Waals surface area contributed by atoms with Crippen LogP contribution in [0.3, 0.4) is 0 Å². The maximum atomic E-state index is 12.3. The van der Waals surface area contributed by atoms with Crippen LogP contribution < -0.4 is 5.32 Å². The highest BCUT2D eigenvalue weighted by Gasteiger charge is 2.55. The number of amides is 1. The summed E-state index contributed by atoms with van der Waals surface area (Å²) in [5.74, 6) is -0.764. The maximum absolute atomic E-state index is 12.3. The van der Waals surface area contributed by atoms with Crippen molar-refractivity contribution in [2.75, 3.05) is 26.4 Å². The molecule has 0 radical (unpaired) electrons. The molecule has 4 aliphatic heterocycles. The molecule has 22 nitrogen and oxygen atoms in total. The SMILES string of the molecule is CC(=O)N[C@H]1[C@H](O[C@H]2[C@@H](O)[C@H](O)[C@@H](CO)O[C@@H]2O)O[C@H](CO)[C@@H](O)[C@@H]1O[C@@H]1O[C@H](CO)[C@H](O)[C@H](O[C@H]2O[C@H](CO)[C@H](O)[C@H](O)[C@H]2O)[C@H]1O. The third kappa shape index (κ3) is 8.08. The Kier molecular flexibility index (Phi) is 13.8. The molecule has 0 aromatic heterocycles. The number of carbonyl (C=O) groups is 1. The van der Waals surface area contributed by atoms with E-state index in [1.165, 1.54) is 0 Å². The number of hydrogen-bond acceptors (Lipinski definition) is 21. The van der Waals surface area contributed by atoms with E-state index in [2.05, 4.69) is 5.32 Å². The van der Waals surface area contributed by atoms with Crippen LogP contribution in [0.1, 0.15) is 6.92 Å². The van der Waals surface area contributed by atoms with Crippen molar-refractivity contribution in [2.24, 2.45) is 0 Å². The van der Waals surface area contributed by atoms with Gasteiger partial charge in [0.2, 0.25) is 5.91 Å². The lowest BCUT2D eigenvalue weighted by Gasteiger charge is -2.50. The second-order valence-corrected chi connectivity index (χ2v) is 11.9. The average molecular weight is 708 g/mol. The van der Waals surface area contributed by atoms with Gasteiger partial charge in [-0.2, -0.15) is 0 Å². The smallest absolute Gasteiger partial charge is 0.217 e. The molecular formula is C26H45NO21. The van der Waals surface area contributed by atoms with Crippen LogP contribution in [0, 0.1) is 0 Å². The molecule has 0 spiro atoms. The van der Waals surface area contributed by atoms with E-state index in [9.17, 15) is 71.2 Å². The monoisotopic (exact) mass is 707 g/mol. The minimum absolute atomic E-state index is 0.764. The number of nitrogens with one attached hydrogen (secondary N) is 1. The van der Waals surface area contributed by atoms with Gasteiger partial charge in [-0.05, 0) is 0 Å². The van der Waals surface area contributed by atoms with Crippen molar-refractivity contribution in [3.05, 3.63) is 0 Å². The molecule has 20 atom stereocenters. The highest BCUT2D eigenvalue weighted by Crippen LogP contribution is 2.34. The Balaban J connectivity index is 1.60. The first-order valence-corrected chi connectivity index (χ1v) is 15.1. The van der Waals surface area contributed by atoms with Crippen molar-refractivity contribution in [1.82, 2.24) is 5.32 Å². The van der Waals surface area contributed by atoms with Crippen LogP contribution in [-0.4, -0.2) is 221 Å². The molecule has 4 saturated heterocycles.